The fraction of sp³-hybridized carbons (Fsp3) is 0.467. The van der Waals surface area contributed by atoms with Crippen LogP contribution < -0.4 is 10.2 Å². The number of rotatable bonds is 4. The molecule has 0 saturated heterocycles. The zero-order valence-corrected chi connectivity index (χ0v) is 12.0. The zero-order valence-electron chi connectivity index (χ0n) is 12.0. The van der Waals surface area contributed by atoms with Crippen molar-refractivity contribution in [2.24, 2.45) is 0 Å². The number of hydrogen-bond donors (Lipinski definition) is 1. The van der Waals surface area contributed by atoms with Crippen molar-refractivity contribution < 1.29 is 4.42 Å². The van der Waals surface area contributed by atoms with E-state index >= 15 is 0 Å². The van der Waals surface area contributed by atoms with E-state index in [4.69, 9.17) is 4.42 Å². The van der Waals surface area contributed by atoms with Crippen molar-refractivity contribution in [2.45, 2.75) is 32.7 Å². The molecule has 106 valence electrons. The topological polar surface area (TPSA) is 54.2 Å². The van der Waals surface area contributed by atoms with E-state index in [0.717, 1.165) is 25.9 Å². The van der Waals surface area contributed by atoms with Crippen molar-refractivity contribution in [1.29, 1.82) is 0 Å². The molecule has 1 N–H and O–H groups in total. The molecule has 0 bridgehead atoms. The summed E-state index contributed by atoms with van der Waals surface area (Å²) in [5, 5.41) is 11.7. The van der Waals surface area contributed by atoms with Gasteiger partial charge >= 0.3 is 6.01 Å². The van der Waals surface area contributed by atoms with E-state index in [9.17, 15) is 0 Å². The number of hydrogen-bond acceptors (Lipinski definition) is 5. The molecule has 2 heterocycles. The molecule has 1 aliphatic rings. The van der Waals surface area contributed by atoms with Gasteiger partial charge in [0.15, 0.2) is 0 Å². The van der Waals surface area contributed by atoms with Crippen LogP contribution in [-0.4, -0.2) is 23.3 Å². The molecule has 20 heavy (non-hydrogen) atoms. The second-order valence-electron chi connectivity index (χ2n) is 5.09. The lowest BCUT2D eigenvalue weighted by Gasteiger charge is -2.27. The Kier molecular flexibility index (Phi) is 3.69. The van der Waals surface area contributed by atoms with Gasteiger partial charge in [0.25, 0.3) is 0 Å². The largest absolute Gasteiger partial charge is 0.406 e. The number of nitrogens with zero attached hydrogens (tertiary/aromatic N) is 3. The van der Waals surface area contributed by atoms with E-state index in [2.05, 4.69) is 51.6 Å². The highest BCUT2D eigenvalue weighted by Crippen LogP contribution is 2.32. The highest BCUT2D eigenvalue weighted by atomic mass is 16.4. The Morgan fingerprint density at radius 2 is 2.20 bits per heavy atom. The minimum Gasteiger partial charge on any atom is -0.406 e. The third-order valence-corrected chi connectivity index (χ3v) is 3.65. The van der Waals surface area contributed by atoms with Crippen LogP contribution in [-0.2, 0) is 6.42 Å². The fourth-order valence-electron chi connectivity index (χ4n) is 2.64. The van der Waals surface area contributed by atoms with Gasteiger partial charge in [0.2, 0.25) is 5.89 Å². The Morgan fingerprint density at radius 1 is 1.35 bits per heavy atom. The lowest BCUT2D eigenvalue weighted by atomic mass is 10.0. The van der Waals surface area contributed by atoms with Crippen molar-refractivity contribution in [3.63, 3.8) is 0 Å². The Hall–Kier alpha value is -1.88. The van der Waals surface area contributed by atoms with Crippen LogP contribution >= 0.6 is 0 Å². The van der Waals surface area contributed by atoms with E-state index in [-0.39, 0.29) is 6.04 Å². The summed E-state index contributed by atoms with van der Waals surface area (Å²) < 4.78 is 5.84. The lowest BCUT2D eigenvalue weighted by Crippen LogP contribution is -2.24. The molecule has 2 aromatic rings. The van der Waals surface area contributed by atoms with Crippen molar-refractivity contribution in [1.82, 2.24) is 15.5 Å². The number of aryl methyl sites for hydroxylation is 1. The molecule has 0 saturated carbocycles. The first-order valence-corrected chi connectivity index (χ1v) is 7.22. The second-order valence-corrected chi connectivity index (χ2v) is 5.09. The minimum absolute atomic E-state index is 0.0845. The summed E-state index contributed by atoms with van der Waals surface area (Å²) in [6.45, 7) is 5.90. The summed E-state index contributed by atoms with van der Waals surface area (Å²) in [6, 6.07) is 9.09. The van der Waals surface area contributed by atoms with Crippen LogP contribution in [0.1, 0.15) is 37.8 Å². The Morgan fingerprint density at radius 3 is 3.05 bits per heavy atom. The first-order chi connectivity index (χ1) is 9.79. The molecule has 5 nitrogen and oxygen atoms in total. The third-order valence-electron chi connectivity index (χ3n) is 3.65. The monoisotopic (exact) mass is 272 g/mol. The number of benzene rings is 1. The fourth-order valence-corrected chi connectivity index (χ4v) is 2.64. The first-order valence-electron chi connectivity index (χ1n) is 7.22. The molecule has 1 aromatic heterocycles. The smallest absolute Gasteiger partial charge is 0.322 e. The van der Waals surface area contributed by atoms with Crippen LogP contribution in [0.5, 0.6) is 0 Å². The molecule has 5 heteroatoms. The Balaban J connectivity index is 1.87. The first kappa shape index (κ1) is 13.1. The van der Waals surface area contributed by atoms with E-state index in [0.29, 0.717) is 11.9 Å². The van der Waals surface area contributed by atoms with E-state index in [1.807, 2.05) is 6.92 Å². The van der Waals surface area contributed by atoms with E-state index in [1.54, 1.807) is 0 Å². The van der Waals surface area contributed by atoms with Gasteiger partial charge < -0.3 is 9.73 Å². The number of fused-ring (bicyclic) bond motifs is 1. The zero-order chi connectivity index (χ0) is 13.9. The van der Waals surface area contributed by atoms with Gasteiger partial charge in [-0.3, -0.25) is 4.90 Å². The van der Waals surface area contributed by atoms with Crippen molar-refractivity contribution >= 4 is 11.7 Å². The summed E-state index contributed by atoms with van der Waals surface area (Å²) in [5.74, 6) is 0.643. The van der Waals surface area contributed by atoms with Crippen molar-refractivity contribution in [3.05, 3.63) is 35.7 Å². The SMILES string of the molecule is CCNC(C)c1nnc(N2CCCc3ccccc32)o1. The molecular formula is C15H20N4O. The summed E-state index contributed by atoms with van der Waals surface area (Å²) in [7, 11) is 0. The van der Waals surface area contributed by atoms with Crippen LogP contribution in [0.4, 0.5) is 11.7 Å². The molecule has 1 aliphatic heterocycles. The molecular weight excluding hydrogens is 252 g/mol. The van der Waals surface area contributed by atoms with Gasteiger partial charge in [-0.25, -0.2) is 0 Å². The summed E-state index contributed by atoms with van der Waals surface area (Å²) in [6.07, 6.45) is 2.22. The molecule has 0 fully saturated rings. The number of aromatic nitrogens is 2. The van der Waals surface area contributed by atoms with Gasteiger partial charge in [0.05, 0.1) is 6.04 Å². The molecule has 0 radical (unpaired) electrons. The maximum Gasteiger partial charge on any atom is 0.322 e. The van der Waals surface area contributed by atoms with Gasteiger partial charge in [-0.2, -0.15) is 0 Å². The van der Waals surface area contributed by atoms with Crippen LogP contribution in [0.2, 0.25) is 0 Å². The molecule has 0 aliphatic carbocycles. The summed E-state index contributed by atoms with van der Waals surface area (Å²) >= 11 is 0. The van der Waals surface area contributed by atoms with Crippen LogP contribution in [0.25, 0.3) is 0 Å². The average molecular weight is 272 g/mol. The summed E-state index contributed by atoms with van der Waals surface area (Å²) in [4.78, 5) is 2.12. The predicted molar refractivity (Wildman–Crippen MR) is 78.2 cm³/mol. The maximum absolute atomic E-state index is 5.84. The summed E-state index contributed by atoms with van der Waals surface area (Å²) in [5.41, 5.74) is 2.53. The van der Waals surface area contributed by atoms with Crippen LogP contribution in [0, 0.1) is 0 Å². The molecule has 3 rings (SSSR count). The lowest BCUT2D eigenvalue weighted by molar-refractivity contribution is 0.422. The number of anilines is 2. The standard InChI is InChI=1S/C15H20N4O/c1-3-16-11(2)14-17-18-15(20-14)19-10-6-8-12-7-4-5-9-13(12)19/h4-5,7,9,11,16H,3,6,8,10H2,1-2H3. The third kappa shape index (κ3) is 2.41. The highest BCUT2D eigenvalue weighted by Gasteiger charge is 2.23. The Labute approximate surface area is 119 Å². The van der Waals surface area contributed by atoms with Crippen LogP contribution in [0.15, 0.2) is 28.7 Å². The van der Waals surface area contributed by atoms with Gasteiger partial charge in [-0.15, -0.1) is 5.10 Å². The molecule has 1 unspecified atom stereocenters. The Bertz CT molecular complexity index is 581. The molecule has 1 aromatic carbocycles. The second kappa shape index (κ2) is 5.63. The van der Waals surface area contributed by atoms with Crippen molar-refractivity contribution in [3.8, 4) is 0 Å². The van der Waals surface area contributed by atoms with Gasteiger partial charge in [-0.1, -0.05) is 30.2 Å². The molecule has 1 atom stereocenters. The van der Waals surface area contributed by atoms with Crippen molar-refractivity contribution in [2.75, 3.05) is 18.0 Å². The van der Waals surface area contributed by atoms with Gasteiger partial charge in [0.1, 0.15) is 0 Å². The maximum atomic E-state index is 5.84. The van der Waals surface area contributed by atoms with E-state index in [1.165, 1.54) is 11.3 Å². The van der Waals surface area contributed by atoms with Crippen LogP contribution in [0.3, 0.4) is 0 Å². The number of nitrogens with one attached hydrogen (secondary N) is 1. The van der Waals surface area contributed by atoms with E-state index < -0.39 is 0 Å². The van der Waals surface area contributed by atoms with Gasteiger partial charge in [-0.05, 0) is 37.9 Å². The normalized spacial score (nSPS) is 16.0. The minimum atomic E-state index is 0.0845. The van der Waals surface area contributed by atoms with Gasteiger partial charge in [0, 0.05) is 12.2 Å². The molecule has 0 spiro atoms. The quantitative estimate of drug-likeness (QED) is 0.927. The molecule has 0 amide bonds. The average Bonchev–Trinajstić information content (AvgIpc) is 2.97. The highest BCUT2D eigenvalue weighted by molar-refractivity contribution is 5.62. The predicted octanol–water partition coefficient (Wildman–Crippen LogP) is 2.82. The number of para-hydroxylation sites is 1.